The van der Waals surface area contributed by atoms with Crippen LogP contribution in [0.4, 0.5) is 0 Å². The minimum atomic E-state index is 0. The molecule has 0 bridgehead atoms. The molecular formula is C13H25ClN2O. The molecule has 2 fully saturated rings. The number of amides is 1. The van der Waals surface area contributed by atoms with E-state index < -0.39 is 0 Å². The van der Waals surface area contributed by atoms with Crippen LogP contribution < -0.4 is 10.6 Å². The van der Waals surface area contributed by atoms with Crippen LogP contribution in [-0.2, 0) is 4.79 Å². The molecule has 3 atom stereocenters. The molecule has 1 saturated carbocycles. The lowest BCUT2D eigenvalue weighted by molar-refractivity contribution is -0.125. The van der Waals surface area contributed by atoms with Crippen LogP contribution in [0.3, 0.4) is 0 Å². The van der Waals surface area contributed by atoms with Crippen molar-refractivity contribution in [1.29, 1.82) is 0 Å². The summed E-state index contributed by atoms with van der Waals surface area (Å²) in [5, 5.41) is 6.49. The van der Waals surface area contributed by atoms with Gasteiger partial charge in [-0.2, -0.15) is 0 Å². The van der Waals surface area contributed by atoms with Gasteiger partial charge in [0, 0.05) is 12.6 Å². The molecule has 0 radical (unpaired) electrons. The maximum absolute atomic E-state index is 12.0. The van der Waals surface area contributed by atoms with E-state index in [0.29, 0.717) is 6.04 Å². The molecule has 100 valence electrons. The van der Waals surface area contributed by atoms with Gasteiger partial charge in [-0.25, -0.2) is 0 Å². The Morgan fingerprint density at radius 2 is 1.82 bits per heavy atom. The summed E-state index contributed by atoms with van der Waals surface area (Å²) in [6.07, 6.45) is 4.65. The van der Waals surface area contributed by atoms with Gasteiger partial charge in [-0.1, -0.05) is 13.8 Å². The van der Waals surface area contributed by atoms with E-state index in [1.807, 2.05) is 0 Å². The average Bonchev–Trinajstić information content (AvgIpc) is 2.68. The maximum atomic E-state index is 12.0. The number of rotatable bonds is 2. The van der Waals surface area contributed by atoms with Gasteiger partial charge in [0.2, 0.25) is 5.91 Å². The molecule has 1 aliphatic heterocycles. The zero-order valence-corrected chi connectivity index (χ0v) is 11.7. The Hall–Kier alpha value is -0.280. The van der Waals surface area contributed by atoms with Crippen molar-refractivity contribution in [2.75, 3.05) is 13.1 Å². The van der Waals surface area contributed by atoms with Crippen molar-refractivity contribution in [3.05, 3.63) is 0 Å². The van der Waals surface area contributed by atoms with Crippen LogP contribution in [0.5, 0.6) is 0 Å². The quantitative estimate of drug-likeness (QED) is 0.797. The van der Waals surface area contributed by atoms with Crippen LogP contribution in [0, 0.1) is 17.8 Å². The third kappa shape index (κ3) is 4.14. The molecule has 3 unspecified atom stereocenters. The average molecular weight is 261 g/mol. The van der Waals surface area contributed by atoms with Crippen molar-refractivity contribution in [3.63, 3.8) is 0 Å². The zero-order valence-electron chi connectivity index (χ0n) is 10.9. The molecule has 4 heteroatoms. The highest BCUT2D eigenvalue weighted by Gasteiger charge is 2.28. The summed E-state index contributed by atoms with van der Waals surface area (Å²) >= 11 is 0. The van der Waals surface area contributed by atoms with Gasteiger partial charge in [-0.3, -0.25) is 4.79 Å². The number of nitrogens with one attached hydrogen (secondary N) is 2. The van der Waals surface area contributed by atoms with Crippen LogP contribution in [-0.4, -0.2) is 25.0 Å². The van der Waals surface area contributed by atoms with Crippen molar-refractivity contribution in [2.24, 2.45) is 17.8 Å². The summed E-state index contributed by atoms with van der Waals surface area (Å²) in [4.78, 5) is 12.0. The van der Waals surface area contributed by atoms with Gasteiger partial charge in [0.15, 0.2) is 0 Å². The largest absolute Gasteiger partial charge is 0.353 e. The first-order chi connectivity index (χ1) is 7.65. The van der Waals surface area contributed by atoms with Crippen LogP contribution in [0.1, 0.15) is 39.5 Å². The smallest absolute Gasteiger partial charge is 0.224 e. The van der Waals surface area contributed by atoms with E-state index in [9.17, 15) is 4.79 Å². The molecule has 1 amide bonds. The highest BCUT2D eigenvalue weighted by molar-refractivity contribution is 5.85. The highest BCUT2D eigenvalue weighted by atomic mass is 35.5. The molecule has 17 heavy (non-hydrogen) atoms. The monoisotopic (exact) mass is 260 g/mol. The van der Waals surface area contributed by atoms with Gasteiger partial charge in [-0.15, -0.1) is 12.4 Å². The highest BCUT2D eigenvalue weighted by Crippen LogP contribution is 2.28. The molecule has 0 spiro atoms. The predicted octanol–water partition coefficient (Wildman–Crippen LogP) is 1.96. The van der Waals surface area contributed by atoms with E-state index in [4.69, 9.17) is 0 Å². The number of hydrogen-bond acceptors (Lipinski definition) is 2. The third-order valence-electron chi connectivity index (χ3n) is 3.96. The Balaban J connectivity index is 0.00000144. The molecule has 1 heterocycles. The Labute approximate surface area is 111 Å². The second-order valence-electron chi connectivity index (χ2n) is 5.81. The van der Waals surface area contributed by atoms with Crippen LogP contribution >= 0.6 is 12.4 Å². The van der Waals surface area contributed by atoms with E-state index in [2.05, 4.69) is 24.5 Å². The Morgan fingerprint density at radius 1 is 1.18 bits per heavy atom. The summed E-state index contributed by atoms with van der Waals surface area (Å²) in [6, 6.07) is 0.423. The van der Waals surface area contributed by atoms with E-state index in [-0.39, 0.29) is 24.2 Å². The van der Waals surface area contributed by atoms with Crippen molar-refractivity contribution < 1.29 is 4.79 Å². The lowest BCUT2D eigenvalue weighted by Crippen LogP contribution is -2.43. The number of halogens is 1. The van der Waals surface area contributed by atoms with Gasteiger partial charge in [0.25, 0.3) is 0 Å². The standard InChI is InChI=1S/C13H24N2O.ClH/c1-9-5-10(2)7-12(6-9)15-13(16)11-3-4-14-8-11;/h9-12,14H,3-8H2,1-2H3,(H,15,16);1H. The van der Waals surface area contributed by atoms with Crippen molar-refractivity contribution in [3.8, 4) is 0 Å². The number of hydrogen-bond donors (Lipinski definition) is 2. The van der Waals surface area contributed by atoms with Gasteiger partial charge < -0.3 is 10.6 Å². The lowest BCUT2D eigenvalue weighted by Gasteiger charge is -2.32. The fraction of sp³-hybridized carbons (Fsp3) is 0.923. The first-order valence-electron chi connectivity index (χ1n) is 6.66. The Bertz CT molecular complexity index is 244. The third-order valence-corrected chi connectivity index (χ3v) is 3.96. The molecule has 1 aliphatic carbocycles. The maximum Gasteiger partial charge on any atom is 0.224 e. The fourth-order valence-corrected chi connectivity index (χ4v) is 3.26. The summed E-state index contributed by atoms with van der Waals surface area (Å²) < 4.78 is 0. The van der Waals surface area contributed by atoms with Crippen LogP contribution in [0.25, 0.3) is 0 Å². The first-order valence-corrected chi connectivity index (χ1v) is 6.66. The first kappa shape index (κ1) is 14.8. The second kappa shape index (κ2) is 6.60. The van der Waals surface area contributed by atoms with Gasteiger partial charge >= 0.3 is 0 Å². The van der Waals surface area contributed by atoms with E-state index >= 15 is 0 Å². The van der Waals surface area contributed by atoms with E-state index in [0.717, 1.165) is 44.2 Å². The minimum absolute atomic E-state index is 0. The topological polar surface area (TPSA) is 41.1 Å². The fourth-order valence-electron chi connectivity index (χ4n) is 3.26. The minimum Gasteiger partial charge on any atom is -0.353 e. The molecule has 2 rings (SSSR count). The molecule has 2 N–H and O–H groups in total. The van der Waals surface area contributed by atoms with E-state index in [1.165, 1.54) is 6.42 Å². The SMILES string of the molecule is CC1CC(C)CC(NC(=O)C2CCNC2)C1.Cl. The summed E-state index contributed by atoms with van der Waals surface area (Å²) in [7, 11) is 0. The molecule has 2 aliphatic rings. The van der Waals surface area contributed by atoms with Crippen LogP contribution in [0.2, 0.25) is 0 Å². The number of carbonyl (C=O) groups is 1. The zero-order chi connectivity index (χ0) is 11.5. The van der Waals surface area contributed by atoms with Gasteiger partial charge in [-0.05, 0) is 44.1 Å². The normalized spacial score (nSPS) is 37.3. The summed E-state index contributed by atoms with van der Waals surface area (Å²) in [5.74, 6) is 2.01. The molecule has 0 aromatic rings. The summed E-state index contributed by atoms with van der Waals surface area (Å²) in [6.45, 7) is 6.46. The Morgan fingerprint density at radius 3 is 2.35 bits per heavy atom. The molecule has 3 nitrogen and oxygen atoms in total. The van der Waals surface area contributed by atoms with Crippen molar-refractivity contribution >= 4 is 18.3 Å². The van der Waals surface area contributed by atoms with Gasteiger partial charge in [0.1, 0.15) is 0 Å². The van der Waals surface area contributed by atoms with Gasteiger partial charge in [0.05, 0.1) is 5.92 Å². The summed E-state index contributed by atoms with van der Waals surface area (Å²) in [5.41, 5.74) is 0. The van der Waals surface area contributed by atoms with Crippen molar-refractivity contribution in [1.82, 2.24) is 10.6 Å². The van der Waals surface area contributed by atoms with Crippen molar-refractivity contribution in [2.45, 2.75) is 45.6 Å². The second-order valence-corrected chi connectivity index (χ2v) is 5.81. The lowest BCUT2D eigenvalue weighted by atomic mass is 9.80. The molecule has 0 aromatic carbocycles. The molecule has 1 saturated heterocycles. The molecule has 0 aromatic heterocycles. The van der Waals surface area contributed by atoms with E-state index in [1.54, 1.807) is 0 Å². The predicted molar refractivity (Wildman–Crippen MR) is 72.3 cm³/mol. The van der Waals surface area contributed by atoms with Crippen LogP contribution in [0.15, 0.2) is 0 Å². The molecular weight excluding hydrogens is 236 g/mol. The Kier molecular flexibility index (Phi) is 5.74. The number of carbonyl (C=O) groups excluding carboxylic acids is 1.